The second-order valence-corrected chi connectivity index (χ2v) is 6.54. The highest BCUT2D eigenvalue weighted by Gasteiger charge is 2.21. The van der Waals surface area contributed by atoms with E-state index in [1.807, 2.05) is 13.8 Å². The van der Waals surface area contributed by atoms with Crippen LogP contribution in [0.25, 0.3) is 0 Å². The van der Waals surface area contributed by atoms with E-state index in [4.69, 9.17) is 9.47 Å². The molecular formula is C18H27FN2O3. The van der Waals surface area contributed by atoms with Crippen LogP contribution in [0, 0.1) is 11.7 Å². The number of hydrogen-bond acceptors (Lipinski definition) is 4. The van der Waals surface area contributed by atoms with Crippen LogP contribution < -0.4 is 4.74 Å². The van der Waals surface area contributed by atoms with E-state index in [1.165, 1.54) is 12.1 Å². The van der Waals surface area contributed by atoms with E-state index in [0.29, 0.717) is 37.9 Å². The topological polar surface area (TPSA) is 42.0 Å². The molecule has 0 spiro atoms. The molecule has 134 valence electrons. The van der Waals surface area contributed by atoms with Crippen molar-refractivity contribution >= 4 is 6.09 Å². The standard InChI is InChI=1S/C18H27FN2O3/c1-14(2)13-24-18(22)21-8-4-7-20(9-10-21)12-15-11-16(19)5-6-17(15)23-3/h5-6,11,14H,4,7-10,12-13H2,1-3H3. The summed E-state index contributed by atoms with van der Waals surface area (Å²) in [6.07, 6.45) is 0.628. The van der Waals surface area contributed by atoms with Gasteiger partial charge in [-0.15, -0.1) is 0 Å². The van der Waals surface area contributed by atoms with Crippen LogP contribution in [-0.2, 0) is 11.3 Å². The van der Waals surface area contributed by atoms with Crippen molar-refractivity contribution in [2.45, 2.75) is 26.8 Å². The summed E-state index contributed by atoms with van der Waals surface area (Å²) < 4.78 is 24.1. The van der Waals surface area contributed by atoms with Gasteiger partial charge >= 0.3 is 6.09 Å². The first-order chi connectivity index (χ1) is 11.5. The van der Waals surface area contributed by atoms with Gasteiger partial charge in [-0.25, -0.2) is 9.18 Å². The molecule has 0 aromatic heterocycles. The van der Waals surface area contributed by atoms with E-state index in [0.717, 1.165) is 25.1 Å². The van der Waals surface area contributed by atoms with Crippen molar-refractivity contribution < 1.29 is 18.7 Å². The zero-order valence-corrected chi connectivity index (χ0v) is 14.8. The molecule has 0 bridgehead atoms. The second-order valence-electron chi connectivity index (χ2n) is 6.54. The van der Waals surface area contributed by atoms with E-state index in [2.05, 4.69) is 4.90 Å². The Hall–Kier alpha value is -1.82. The molecule has 0 saturated carbocycles. The number of benzene rings is 1. The van der Waals surface area contributed by atoms with Crippen LogP contribution in [0.4, 0.5) is 9.18 Å². The Morgan fingerprint density at radius 2 is 2.04 bits per heavy atom. The van der Waals surface area contributed by atoms with Crippen LogP contribution in [0.3, 0.4) is 0 Å². The molecule has 1 aromatic rings. The van der Waals surface area contributed by atoms with Crippen molar-refractivity contribution in [2.24, 2.45) is 5.92 Å². The second kappa shape index (κ2) is 8.87. The number of halogens is 1. The average Bonchev–Trinajstić information content (AvgIpc) is 2.78. The summed E-state index contributed by atoms with van der Waals surface area (Å²) in [5.41, 5.74) is 0.827. The zero-order valence-electron chi connectivity index (χ0n) is 14.8. The summed E-state index contributed by atoms with van der Waals surface area (Å²) in [4.78, 5) is 16.1. The van der Waals surface area contributed by atoms with Gasteiger partial charge in [-0.1, -0.05) is 13.8 Å². The number of hydrogen-bond donors (Lipinski definition) is 0. The third kappa shape index (κ3) is 5.37. The van der Waals surface area contributed by atoms with Crippen LogP contribution in [0.15, 0.2) is 18.2 Å². The fourth-order valence-electron chi connectivity index (χ4n) is 2.75. The van der Waals surface area contributed by atoms with Crippen molar-refractivity contribution in [3.63, 3.8) is 0 Å². The molecule has 24 heavy (non-hydrogen) atoms. The molecule has 6 heteroatoms. The van der Waals surface area contributed by atoms with Gasteiger partial charge in [-0.3, -0.25) is 4.90 Å². The van der Waals surface area contributed by atoms with Crippen molar-refractivity contribution in [3.8, 4) is 5.75 Å². The predicted octanol–water partition coefficient (Wildman–Crippen LogP) is 3.13. The molecule has 0 radical (unpaired) electrons. The van der Waals surface area contributed by atoms with Crippen molar-refractivity contribution in [1.82, 2.24) is 9.80 Å². The first-order valence-electron chi connectivity index (χ1n) is 8.46. The number of rotatable bonds is 5. The van der Waals surface area contributed by atoms with E-state index in [-0.39, 0.29) is 11.9 Å². The Morgan fingerprint density at radius 3 is 2.75 bits per heavy atom. The largest absolute Gasteiger partial charge is 0.496 e. The number of methoxy groups -OCH3 is 1. The fraction of sp³-hybridized carbons (Fsp3) is 0.611. The molecule has 2 rings (SSSR count). The van der Waals surface area contributed by atoms with Gasteiger partial charge in [0.05, 0.1) is 13.7 Å². The maximum atomic E-state index is 13.5. The van der Waals surface area contributed by atoms with Gasteiger partial charge in [0.1, 0.15) is 11.6 Å². The molecule has 1 heterocycles. The number of carbonyl (C=O) groups excluding carboxylic acids is 1. The van der Waals surface area contributed by atoms with E-state index in [1.54, 1.807) is 18.1 Å². The Bertz CT molecular complexity index is 551. The Labute approximate surface area is 143 Å². The molecule has 1 aromatic carbocycles. The lowest BCUT2D eigenvalue weighted by Crippen LogP contribution is -2.36. The summed E-state index contributed by atoms with van der Waals surface area (Å²) in [6.45, 7) is 7.98. The van der Waals surface area contributed by atoms with Crippen molar-refractivity contribution in [2.75, 3.05) is 39.9 Å². The van der Waals surface area contributed by atoms with E-state index < -0.39 is 0 Å². The predicted molar refractivity (Wildman–Crippen MR) is 90.6 cm³/mol. The normalized spacial score (nSPS) is 16.1. The summed E-state index contributed by atoms with van der Waals surface area (Å²) in [5.74, 6) is 0.756. The third-order valence-electron chi connectivity index (χ3n) is 4.02. The highest BCUT2D eigenvalue weighted by Crippen LogP contribution is 2.21. The lowest BCUT2D eigenvalue weighted by Gasteiger charge is -2.22. The van der Waals surface area contributed by atoms with Crippen LogP contribution in [0.5, 0.6) is 5.75 Å². The summed E-state index contributed by atoms with van der Waals surface area (Å²) in [6, 6.07) is 4.56. The van der Waals surface area contributed by atoms with Crippen molar-refractivity contribution in [1.29, 1.82) is 0 Å². The average molecular weight is 338 g/mol. The summed E-state index contributed by atoms with van der Waals surface area (Å²) in [5, 5.41) is 0. The number of ether oxygens (including phenoxy) is 2. The maximum Gasteiger partial charge on any atom is 0.409 e. The van der Waals surface area contributed by atoms with Gasteiger partial charge in [0, 0.05) is 38.3 Å². The molecule has 1 saturated heterocycles. The maximum absolute atomic E-state index is 13.5. The molecule has 1 amide bonds. The first-order valence-corrected chi connectivity index (χ1v) is 8.46. The molecule has 0 N–H and O–H groups in total. The zero-order chi connectivity index (χ0) is 17.5. The van der Waals surface area contributed by atoms with Gasteiger partial charge in [0.15, 0.2) is 0 Å². The highest BCUT2D eigenvalue weighted by atomic mass is 19.1. The van der Waals surface area contributed by atoms with Gasteiger partial charge in [-0.2, -0.15) is 0 Å². The molecule has 5 nitrogen and oxygen atoms in total. The van der Waals surface area contributed by atoms with Crippen molar-refractivity contribution in [3.05, 3.63) is 29.6 Å². The van der Waals surface area contributed by atoms with Crippen LogP contribution >= 0.6 is 0 Å². The minimum Gasteiger partial charge on any atom is -0.496 e. The first kappa shape index (κ1) is 18.5. The lowest BCUT2D eigenvalue weighted by atomic mass is 10.1. The quantitative estimate of drug-likeness (QED) is 0.827. The van der Waals surface area contributed by atoms with Gasteiger partial charge in [0.2, 0.25) is 0 Å². The van der Waals surface area contributed by atoms with Gasteiger partial charge in [0.25, 0.3) is 0 Å². The SMILES string of the molecule is COc1ccc(F)cc1CN1CCCN(C(=O)OCC(C)C)CC1. The van der Waals surface area contributed by atoms with Crippen LogP contribution in [-0.4, -0.2) is 55.8 Å². The summed E-state index contributed by atoms with van der Waals surface area (Å²) >= 11 is 0. The van der Waals surface area contributed by atoms with E-state index >= 15 is 0 Å². The molecule has 0 unspecified atom stereocenters. The molecule has 1 fully saturated rings. The Morgan fingerprint density at radius 1 is 1.25 bits per heavy atom. The number of amides is 1. The molecule has 0 aliphatic carbocycles. The third-order valence-corrected chi connectivity index (χ3v) is 4.02. The molecule has 0 atom stereocenters. The van der Waals surface area contributed by atoms with Crippen LogP contribution in [0.1, 0.15) is 25.8 Å². The monoisotopic (exact) mass is 338 g/mol. The summed E-state index contributed by atoms with van der Waals surface area (Å²) in [7, 11) is 1.59. The highest BCUT2D eigenvalue weighted by molar-refractivity contribution is 5.67. The molecule has 1 aliphatic rings. The lowest BCUT2D eigenvalue weighted by molar-refractivity contribution is 0.0930. The fourth-order valence-corrected chi connectivity index (χ4v) is 2.75. The molecule has 1 aliphatic heterocycles. The van der Waals surface area contributed by atoms with Gasteiger partial charge < -0.3 is 14.4 Å². The minimum atomic E-state index is -0.264. The Balaban J connectivity index is 1.91. The minimum absolute atomic E-state index is 0.242. The van der Waals surface area contributed by atoms with E-state index in [9.17, 15) is 9.18 Å². The van der Waals surface area contributed by atoms with Crippen LogP contribution in [0.2, 0.25) is 0 Å². The van der Waals surface area contributed by atoms with Gasteiger partial charge in [-0.05, 0) is 30.5 Å². The Kier molecular flexibility index (Phi) is 6.85. The number of carbonyl (C=O) groups is 1. The number of nitrogens with zero attached hydrogens (tertiary/aromatic N) is 2. The molecular weight excluding hydrogens is 311 g/mol. The smallest absolute Gasteiger partial charge is 0.409 e.